The van der Waals surface area contributed by atoms with E-state index in [-0.39, 0.29) is 11.9 Å². The molecule has 1 aliphatic carbocycles. The molecule has 4 atom stereocenters. The minimum atomic E-state index is -1.46. The molecule has 9 heteroatoms. The summed E-state index contributed by atoms with van der Waals surface area (Å²) in [4.78, 5) is 15.5. The van der Waals surface area contributed by atoms with Crippen LogP contribution in [0.15, 0.2) is 11.0 Å². The second-order valence-corrected chi connectivity index (χ2v) is 5.27. The largest absolute Gasteiger partial charge is 0.394 e. The Balaban J connectivity index is 1.88. The maximum Gasteiger partial charge on any atom is 0.351 e. The number of hydrogen-bond acceptors (Lipinski definition) is 7. The van der Waals surface area contributed by atoms with Crippen molar-refractivity contribution in [2.45, 2.75) is 43.4 Å². The Hall–Kier alpha value is -1.55. The molecule has 0 spiro atoms. The van der Waals surface area contributed by atoms with Gasteiger partial charge >= 0.3 is 5.69 Å². The molecule has 3 rings (SSSR count). The molecule has 1 saturated heterocycles. The monoisotopic (exact) mass is 301 g/mol. The lowest BCUT2D eigenvalue weighted by atomic mass is 10.1. The van der Waals surface area contributed by atoms with E-state index in [9.17, 15) is 19.4 Å². The van der Waals surface area contributed by atoms with E-state index in [1.54, 1.807) is 0 Å². The molecule has 1 aliphatic heterocycles. The van der Waals surface area contributed by atoms with Crippen molar-refractivity contribution in [3.05, 3.63) is 22.5 Å². The van der Waals surface area contributed by atoms with E-state index in [4.69, 9.17) is 9.84 Å². The van der Waals surface area contributed by atoms with E-state index < -0.39 is 42.7 Å². The fourth-order valence-electron chi connectivity index (χ4n) is 2.26. The molecule has 8 nitrogen and oxygen atoms in total. The summed E-state index contributed by atoms with van der Waals surface area (Å²) in [5.74, 6) is -0.885. The maximum absolute atomic E-state index is 13.9. The third-order valence-electron chi connectivity index (χ3n) is 3.62. The van der Waals surface area contributed by atoms with Crippen molar-refractivity contribution >= 4 is 5.82 Å². The number of hydrogen-bond donors (Lipinski definition) is 4. The second-order valence-electron chi connectivity index (χ2n) is 5.27. The molecule has 0 unspecified atom stereocenters. The van der Waals surface area contributed by atoms with E-state index in [2.05, 4.69) is 10.3 Å². The van der Waals surface area contributed by atoms with Crippen LogP contribution < -0.4 is 11.0 Å². The Morgan fingerprint density at radius 3 is 2.71 bits per heavy atom. The van der Waals surface area contributed by atoms with Gasteiger partial charge in [-0.25, -0.2) is 9.18 Å². The van der Waals surface area contributed by atoms with E-state index in [0.29, 0.717) is 0 Å². The summed E-state index contributed by atoms with van der Waals surface area (Å²) in [6.45, 7) is -0.527. The van der Waals surface area contributed by atoms with Gasteiger partial charge in [-0.05, 0) is 12.8 Å². The summed E-state index contributed by atoms with van der Waals surface area (Å²) >= 11 is 0. The number of nitrogens with one attached hydrogen (secondary N) is 1. The second kappa shape index (κ2) is 5.34. The average Bonchev–Trinajstić information content (AvgIpc) is 3.22. The smallest absolute Gasteiger partial charge is 0.351 e. The third-order valence-corrected chi connectivity index (χ3v) is 3.62. The number of aromatic nitrogens is 2. The van der Waals surface area contributed by atoms with Crippen LogP contribution in [0.5, 0.6) is 0 Å². The molecular weight excluding hydrogens is 285 g/mol. The molecule has 21 heavy (non-hydrogen) atoms. The van der Waals surface area contributed by atoms with Crippen molar-refractivity contribution in [1.82, 2.24) is 9.55 Å². The predicted molar refractivity (Wildman–Crippen MR) is 68.1 cm³/mol. The first kappa shape index (κ1) is 14.4. The van der Waals surface area contributed by atoms with Crippen molar-refractivity contribution in [2.75, 3.05) is 11.9 Å². The van der Waals surface area contributed by atoms with Crippen LogP contribution in [0.3, 0.4) is 0 Å². The summed E-state index contributed by atoms with van der Waals surface area (Å²) in [6, 6.07) is 0.135. The average molecular weight is 301 g/mol. The lowest BCUT2D eigenvalue weighted by Gasteiger charge is -2.17. The van der Waals surface area contributed by atoms with E-state index in [1.807, 2.05) is 0 Å². The summed E-state index contributed by atoms with van der Waals surface area (Å²) in [5.41, 5.74) is -0.811. The normalized spacial score (nSPS) is 32.4. The van der Waals surface area contributed by atoms with Crippen LogP contribution in [0, 0.1) is 5.82 Å². The highest BCUT2D eigenvalue weighted by atomic mass is 19.1. The van der Waals surface area contributed by atoms with Crippen LogP contribution in [0.1, 0.15) is 19.1 Å². The number of nitrogens with zero attached hydrogens (tertiary/aromatic N) is 2. The fourth-order valence-corrected chi connectivity index (χ4v) is 2.26. The van der Waals surface area contributed by atoms with Gasteiger partial charge in [0.1, 0.15) is 18.3 Å². The van der Waals surface area contributed by atoms with Gasteiger partial charge in [0, 0.05) is 6.04 Å². The zero-order valence-corrected chi connectivity index (χ0v) is 11.0. The molecular formula is C12H16FN3O5. The minimum absolute atomic E-state index is 0.134. The molecule has 1 saturated carbocycles. The first-order chi connectivity index (χ1) is 10.0. The van der Waals surface area contributed by atoms with E-state index in [1.165, 1.54) is 0 Å². The first-order valence-electron chi connectivity index (χ1n) is 6.69. The van der Waals surface area contributed by atoms with Gasteiger partial charge in [0.05, 0.1) is 12.8 Å². The van der Waals surface area contributed by atoms with Gasteiger partial charge in [0.2, 0.25) is 0 Å². The van der Waals surface area contributed by atoms with Crippen LogP contribution in [-0.4, -0.2) is 55.8 Å². The number of anilines is 1. The fraction of sp³-hybridized carbons (Fsp3) is 0.667. The van der Waals surface area contributed by atoms with Crippen LogP contribution in [0.2, 0.25) is 0 Å². The molecule has 2 heterocycles. The number of rotatable bonds is 4. The van der Waals surface area contributed by atoms with Crippen molar-refractivity contribution < 1.29 is 24.4 Å². The van der Waals surface area contributed by atoms with Crippen molar-refractivity contribution in [2.24, 2.45) is 0 Å². The quantitative estimate of drug-likeness (QED) is 0.538. The SMILES string of the molecule is O=c1nc(NC2CC2)c(F)cn1[C@H]1O[C@@H](CO)[C@H](O)[C@@H]1O. The van der Waals surface area contributed by atoms with Gasteiger partial charge in [-0.15, -0.1) is 0 Å². The van der Waals surface area contributed by atoms with Crippen LogP contribution in [-0.2, 0) is 4.74 Å². The first-order valence-corrected chi connectivity index (χ1v) is 6.69. The minimum Gasteiger partial charge on any atom is -0.394 e. The third kappa shape index (κ3) is 2.64. The van der Waals surface area contributed by atoms with Crippen LogP contribution in [0.4, 0.5) is 10.2 Å². The van der Waals surface area contributed by atoms with Gasteiger partial charge in [-0.1, -0.05) is 0 Å². The van der Waals surface area contributed by atoms with Crippen LogP contribution >= 0.6 is 0 Å². The molecule has 1 aromatic heterocycles. The summed E-state index contributed by atoms with van der Waals surface area (Å²) in [6.07, 6.45) is -2.47. The number of aliphatic hydroxyl groups is 3. The number of aliphatic hydroxyl groups excluding tert-OH is 3. The lowest BCUT2D eigenvalue weighted by Crippen LogP contribution is -2.36. The lowest BCUT2D eigenvalue weighted by molar-refractivity contribution is -0.0553. The molecule has 0 amide bonds. The van der Waals surface area contributed by atoms with Gasteiger partial charge in [-0.2, -0.15) is 4.98 Å². The summed E-state index contributed by atoms with van der Waals surface area (Å²) in [5, 5.41) is 31.3. The maximum atomic E-state index is 13.9. The van der Waals surface area contributed by atoms with Gasteiger partial charge in [-0.3, -0.25) is 4.57 Å². The highest BCUT2D eigenvalue weighted by Gasteiger charge is 2.44. The molecule has 2 aliphatic rings. The van der Waals surface area contributed by atoms with Crippen molar-refractivity contribution in [3.63, 3.8) is 0 Å². The Morgan fingerprint density at radius 2 is 2.14 bits per heavy atom. The molecule has 0 radical (unpaired) electrons. The molecule has 116 valence electrons. The zero-order chi connectivity index (χ0) is 15.1. The van der Waals surface area contributed by atoms with E-state index >= 15 is 0 Å². The predicted octanol–water partition coefficient (Wildman–Crippen LogP) is -1.43. The van der Waals surface area contributed by atoms with Crippen molar-refractivity contribution in [3.8, 4) is 0 Å². The number of halogens is 1. The Labute approximate surface area is 118 Å². The molecule has 0 bridgehead atoms. The standard InChI is InChI=1S/C12H16FN3O5/c13-6-3-16(11-9(19)8(18)7(4-17)21-11)12(20)15-10(6)14-5-1-2-5/h3,5,7-9,11,17-19H,1-2,4H2,(H,14,15,20)/t7-,8-,9-,11-/m0/s1. The molecule has 2 fully saturated rings. The van der Waals surface area contributed by atoms with E-state index in [0.717, 1.165) is 23.6 Å². The Kier molecular flexibility index (Phi) is 3.66. The highest BCUT2D eigenvalue weighted by Crippen LogP contribution is 2.29. The topological polar surface area (TPSA) is 117 Å². The molecule has 1 aromatic rings. The van der Waals surface area contributed by atoms with Gasteiger partial charge in [0.15, 0.2) is 17.9 Å². The summed E-state index contributed by atoms with van der Waals surface area (Å²) < 4.78 is 19.9. The van der Waals surface area contributed by atoms with Crippen molar-refractivity contribution in [1.29, 1.82) is 0 Å². The molecule has 0 aromatic carbocycles. The zero-order valence-electron chi connectivity index (χ0n) is 11.0. The van der Waals surface area contributed by atoms with Crippen LogP contribution in [0.25, 0.3) is 0 Å². The highest BCUT2D eigenvalue weighted by molar-refractivity contribution is 5.37. The molecule has 4 N–H and O–H groups in total. The number of ether oxygens (including phenoxy) is 1. The van der Waals surface area contributed by atoms with Gasteiger partial charge in [0.25, 0.3) is 0 Å². The Bertz CT molecular complexity index is 591. The summed E-state index contributed by atoms with van der Waals surface area (Å²) in [7, 11) is 0. The Morgan fingerprint density at radius 1 is 1.43 bits per heavy atom. The van der Waals surface area contributed by atoms with Gasteiger partial charge < -0.3 is 25.4 Å².